The summed E-state index contributed by atoms with van der Waals surface area (Å²) in [4.78, 5) is 45.3. The molecule has 0 saturated carbocycles. The summed E-state index contributed by atoms with van der Waals surface area (Å²) in [7, 11) is 0. The van der Waals surface area contributed by atoms with Crippen molar-refractivity contribution in [1.82, 2.24) is 14.5 Å². The standard InChI is InChI=1S/C19H27BrN6O3/c1-4-5-8-26-17(21)16(18(28)24-19(26)29)25(10-12(2)3)11-15(27)23-14-7-6-13(20)9-22-14/h6-7,9,12H,4-5,8,10-11,21H2,1-3H3,(H,22,23,27)(H,24,28,29). The summed E-state index contributed by atoms with van der Waals surface area (Å²) in [6.07, 6.45) is 3.20. The van der Waals surface area contributed by atoms with Gasteiger partial charge in [0, 0.05) is 23.8 Å². The van der Waals surface area contributed by atoms with Crippen LogP contribution >= 0.6 is 15.9 Å². The lowest BCUT2D eigenvalue weighted by atomic mass is 10.2. The fraction of sp³-hybridized carbons (Fsp3) is 0.474. The van der Waals surface area contributed by atoms with Crippen LogP contribution in [0.15, 0.2) is 32.4 Å². The van der Waals surface area contributed by atoms with Crippen LogP contribution in [0.5, 0.6) is 0 Å². The van der Waals surface area contributed by atoms with Gasteiger partial charge in [-0.1, -0.05) is 27.2 Å². The zero-order chi connectivity index (χ0) is 21.6. The zero-order valence-electron chi connectivity index (χ0n) is 16.9. The van der Waals surface area contributed by atoms with Gasteiger partial charge < -0.3 is 16.0 Å². The van der Waals surface area contributed by atoms with Crippen LogP contribution < -0.4 is 27.2 Å². The number of anilines is 3. The average Bonchev–Trinajstić information content (AvgIpc) is 2.62. The lowest BCUT2D eigenvalue weighted by Gasteiger charge is -2.27. The van der Waals surface area contributed by atoms with Crippen molar-refractivity contribution >= 4 is 39.2 Å². The predicted octanol–water partition coefficient (Wildman–Crippen LogP) is 2.18. The predicted molar refractivity (Wildman–Crippen MR) is 118 cm³/mol. The Labute approximate surface area is 177 Å². The molecule has 0 saturated heterocycles. The molecular weight excluding hydrogens is 440 g/mol. The number of nitrogens with two attached hydrogens (primary N) is 1. The Bertz CT molecular complexity index is 952. The van der Waals surface area contributed by atoms with E-state index in [-0.39, 0.29) is 29.9 Å². The van der Waals surface area contributed by atoms with Crippen LogP contribution in [0.1, 0.15) is 33.6 Å². The molecule has 2 aromatic heterocycles. The number of hydrogen-bond donors (Lipinski definition) is 3. The van der Waals surface area contributed by atoms with Crippen molar-refractivity contribution in [2.45, 2.75) is 40.2 Å². The molecule has 2 rings (SSSR count). The number of aromatic nitrogens is 3. The molecule has 0 aliphatic heterocycles. The van der Waals surface area contributed by atoms with Gasteiger partial charge in [-0.3, -0.25) is 19.1 Å². The summed E-state index contributed by atoms with van der Waals surface area (Å²) in [5, 5.41) is 2.71. The van der Waals surface area contributed by atoms with Crippen molar-refractivity contribution in [2.24, 2.45) is 5.92 Å². The monoisotopic (exact) mass is 466 g/mol. The van der Waals surface area contributed by atoms with Gasteiger partial charge in [0.25, 0.3) is 5.56 Å². The van der Waals surface area contributed by atoms with Crippen molar-refractivity contribution in [3.63, 3.8) is 0 Å². The number of rotatable bonds is 9. The molecule has 0 spiro atoms. The highest BCUT2D eigenvalue weighted by Gasteiger charge is 2.22. The van der Waals surface area contributed by atoms with Gasteiger partial charge in [0.2, 0.25) is 5.91 Å². The molecule has 0 atom stereocenters. The van der Waals surface area contributed by atoms with Crippen molar-refractivity contribution < 1.29 is 4.79 Å². The number of nitrogen functional groups attached to an aromatic ring is 1. The van der Waals surface area contributed by atoms with Gasteiger partial charge in [-0.2, -0.15) is 0 Å². The van der Waals surface area contributed by atoms with E-state index in [0.29, 0.717) is 18.9 Å². The summed E-state index contributed by atoms with van der Waals surface area (Å²) in [5.74, 6) is 0.286. The van der Waals surface area contributed by atoms with Gasteiger partial charge in [0.15, 0.2) is 0 Å². The van der Waals surface area contributed by atoms with E-state index in [0.717, 1.165) is 17.3 Å². The lowest BCUT2D eigenvalue weighted by molar-refractivity contribution is -0.115. The van der Waals surface area contributed by atoms with E-state index in [1.54, 1.807) is 23.2 Å². The number of aromatic amines is 1. The minimum atomic E-state index is -0.601. The van der Waals surface area contributed by atoms with E-state index in [2.05, 4.69) is 31.2 Å². The zero-order valence-corrected chi connectivity index (χ0v) is 18.5. The van der Waals surface area contributed by atoms with Crippen molar-refractivity contribution in [3.05, 3.63) is 43.6 Å². The van der Waals surface area contributed by atoms with E-state index in [9.17, 15) is 14.4 Å². The lowest BCUT2D eigenvalue weighted by Crippen LogP contribution is -2.43. The van der Waals surface area contributed by atoms with Crippen molar-refractivity contribution in [2.75, 3.05) is 29.0 Å². The summed E-state index contributed by atoms with van der Waals surface area (Å²) in [6, 6.07) is 3.43. The molecule has 0 radical (unpaired) electrons. The SMILES string of the molecule is CCCCn1c(N)c(N(CC(=O)Nc2ccc(Br)cn2)CC(C)C)c(=O)[nH]c1=O. The Morgan fingerprint density at radius 2 is 2.10 bits per heavy atom. The third-order valence-corrected chi connectivity index (χ3v) is 4.65. The smallest absolute Gasteiger partial charge is 0.330 e. The maximum atomic E-state index is 12.6. The Morgan fingerprint density at radius 1 is 1.38 bits per heavy atom. The van der Waals surface area contributed by atoms with Crippen LogP contribution in [0.25, 0.3) is 0 Å². The van der Waals surface area contributed by atoms with E-state index in [1.807, 2.05) is 20.8 Å². The number of carbonyl (C=O) groups is 1. The number of carbonyl (C=O) groups excluding carboxylic acids is 1. The molecule has 0 bridgehead atoms. The number of amides is 1. The summed E-state index contributed by atoms with van der Waals surface area (Å²) in [6.45, 7) is 6.65. The molecule has 0 unspecified atom stereocenters. The van der Waals surface area contributed by atoms with E-state index >= 15 is 0 Å². The second-order valence-corrected chi connectivity index (χ2v) is 8.10. The van der Waals surface area contributed by atoms with E-state index < -0.39 is 11.2 Å². The number of H-pyrrole nitrogens is 1. The van der Waals surface area contributed by atoms with Crippen LogP contribution in [0.3, 0.4) is 0 Å². The molecule has 158 valence electrons. The van der Waals surface area contributed by atoms with E-state index in [4.69, 9.17) is 5.73 Å². The molecule has 4 N–H and O–H groups in total. The molecule has 10 heteroatoms. The first-order chi connectivity index (χ1) is 13.7. The Kier molecular flexibility index (Phi) is 8.00. The summed E-state index contributed by atoms with van der Waals surface area (Å²) < 4.78 is 2.15. The number of unbranched alkanes of at least 4 members (excludes halogenated alkanes) is 1. The van der Waals surface area contributed by atoms with Gasteiger partial charge in [-0.15, -0.1) is 0 Å². The highest BCUT2D eigenvalue weighted by Crippen LogP contribution is 2.19. The van der Waals surface area contributed by atoms with Gasteiger partial charge in [0.05, 0.1) is 6.54 Å². The quantitative estimate of drug-likeness (QED) is 0.519. The molecule has 0 aromatic carbocycles. The maximum absolute atomic E-state index is 12.6. The largest absolute Gasteiger partial charge is 0.383 e. The number of hydrogen-bond acceptors (Lipinski definition) is 6. The minimum absolute atomic E-state index is 0.0717. The van der Waals surface area contributed by atoms with Crippen LogP contribution in [0.4, 0.5) is 17.3 Å². The fourth-order valence-corrected chi connectivity index (χ4v) is 3.14. The summed E-state index contributed by atoms with van der Waals surface area (Å²) in [5.41, 5.74) is 5.19. The van der Waals surface area contributed by atoms with Gasteiger partial charge in [0.1, 0.15) is 17.3 Å². The first kappa shape index (κ1) is 22.7. The molecule has 0 aliphatic rings. The number of nitrogens with one attached hydrogen (secondary N) is 2. The highest BCUT2D eigenvalue weighted by molar-refractivity contribution is 9.10. The third-order valence-electron chi connectivity index (χ3n) is 4.18. The van der Waals surface area contributed by atoms with Crippen molar-refractivity contribution in [3.8, 4) is 0 Å². The summed E-state index contributed by atoms with van der Waals surface area (Å²) >= 11 is 3.29. The Morgan fingerprint density at radius 3 is 2.69 bits per heavy atom. The minimum Gasteiger partial charge on any atom is -0.383 e. The number of nitrogens with zero attached hydrogens (tertiary/aromatic N) is 3. The first-order valence-electron chi connectivity index (χ1n) is 9.51. The number of halogens is 1. The molecule has 9 nitrogen and oxygen atoms in total. The van der Waals surface area contributed by atoms with Crippen molar-refractivity contribution in [1.29, 1.82) is 0 Å². The molecular formula is C19H27BrN6O3. The maximum Gasteiger partial charge on any atom is 0.330 e. The molecule has 1 amide bonds. The molecule has 0 aliphatic carbocycles. The molecule has 29 heavy (non-hydrogen) atoms. The molecule has 2 aromatic rings. The third kappa shape index (κ3) is 6.18. The highest BCUT2D eigenvalue weighted by atomic mass is 79.9. The van der Waals surface area contributed by atoms with Crippen LogP contribution in [0, 0.1) is 5.92 Å². The normalized spacial score (nSPS) is 10.9. The van der Waals surface area contributed by atoms with Gasteiger partial charge >= 0.3 is 5.69 Å². The topological polar surface area (TPSA) is 126 Å². The van der Waals surface area contributed by atoms with Crippen LogP contribution in [-0.2, 0) is 11.3 Å². The Balaban J connectivity index is 2.34. The van der Waals surface area contributed by atoms with Gasteiger partial charge in [-0.25, -0.2) is 9.78 Å². The van der Waals surface area contributed by atoms with Gasteiger partial charge in [-0.05, 0) is 40.4 Å². The first-order valence-corrected chi connectivity index (χ1v) is 10.3. The van der Waals surface area contributed by atoms with Crippen LogP contribution in [-0.4, -0.2) is 33.5 Å². The average molecular weight is 467 g/mol. The molecule has 2 heterocycles. The molecule has 0 fully saturated rings. The fourth-order valence-electron chi connectivity index (χ4n) is 2.90. The number of pyridine rings is 1. The second kappa shape index (κ2) is 10.2. The second-order valence-electron chi connectivity index (χ2n) is 7.18. The Hall–Kier alpha value is -2.62. The van der Waals surface area contributed by atoms with Crippen LogP contribution in [0.2, 0.25) is 0 Å². The van der Waals surface area contributed by atoms with E-state index in [1.165, 1.54) is 4.57 Å².